The zero-order valence-electron chi connectivity index (χ0n) is 51.9. The minimum absolute atomic E-state index is 0.773. The van der Waals surface area contributed by atoms with Crippen LogP contribution in [-0.4, -0.2) is 11.4 Å². The number of unbranched alkanes of at least 4 members (excludes halogenated alkanes) is 44. The van der Waals surface area contributed by atoms with Crippen molar-refractivity contribution in [1.29, 1.82) is 0 Å². The maximum Gasteiger partial charge on any atom is 0.135 e. The minimum Gasteiger partial charge on any atom is -0.251 e. The first-order chi connectivity index (χ1) is 38.2. The van der Waals surface area contributed by atoms with Gasteiger partial charge in [0.15, 0.2) is 0 Å². The molecule has 0 fully saturated rings. The number of rotatable bonds is 55. The van der Waals surface area contributed by atoms with Crippen molar-refractivity contribution in [2.45, 2.75) is 355 Å². The highest BCUT2D eigenvalue weighted by Crippen LogP contribution is 2.25. The lowest BCUT2D eigenvalue weighted by atomic mass is 10.0. The summed E-state index contributed by atoms with van der Waals surface area (Å²) in [6.07, 6.45) is 80.2. The highest BCUT2D eigenvalue weighted by atomic mass is 14.8. The second-order valence-electron chi connectivity index (χ2n) is 23.5. The van der Waals surface area contributed by atoms with E-state index in [9.17, 15) is 0 Å². The van der Waals surface area contributed by atoms with E-state index in [-0.39, 0.29) is 0 Å². The van der Waals surface area contributed by atoms with Crippen molar-refractivity contribution >= 4 is 22.8 Å². The number of hydrogen-bond donors (Lipinski definition) is 0. The molecule has 2 heteroatoms. The van der Waals surface area contributed by atoms with Gasteiger partial charge in [-0.3, -0.25) is 4.99 Å². The van der Waals surface area contributed by atoms with Crippen LogP contribution in [-0.2, 0) is 12.8 Å². The molecule has 0 aliphatic heterocycles. The molecule has 2 rings (SSSR count). The van der Waals surface area contributed by atoms with Crippen LogP contribution in [0.5, 0.6) is 0 Å². The van der Waals surface area contributed by atoms with Gasteiger partial charge >= 0.3 is 0 Å². The van der Waals surface area contributed by atoms with Crippen molar-refractivity contribution < 1.29 is 0 Å². The third-order valence-corrected chi connectivity index (χ3v) is 16.2. The fourth-order valence-electron chi connectivity index (χ4n) is 11.1. The predicted octanol–water partition coefficient (Wildman–Crippen LogP) is 25.9. The summed E-state index contributed by atoms with van der Waals surface area (Å²) in [6, 6.07) is 17.3. The van der Waals surface area contributed by atoms with Crippen LogP contribution in [0.15, 0.2) is 82.8 Å². The quantitative estimate of drug-likeness (QED) is 0.0273. The Balaban J connectivity index is 1.56. The van der Waals surface area contributed by atoms with Gasteiger partial charge in [0.25, 0.3) is 0 Å². The van der Waals surface area contributed by atoms with Gasteiger partial charge in [0.05, 0.1) is 17.1 Å². The second kappa shape index (κ2) is 56.1. The zero-order valence-corrected chi connectivity index (χ0v) is 51.9. The zero-order chi connectivity index (χ0) is 54.8. The Morgan fingerprint density at radius 2 is 0.584 bits per heavy atom. The Morgan fingerprint density at radius 1 is 0.325 bits per heavy atom. The average molecular weight is 1060 g/mol. The summed E-state index contributed by atoms with van der Waals surface area (Å²) >= 11 is 0. The molecular weight excluding hydrogens is 929 g/mol. The lowest BCUT2D eigenvalue weighted by molar-refractivity contribution is 0.519. The molecule has 0 N–H and O–H groups in total. The van der Waals surface area contributed by atoms with E-state index in [4.69, 9.17) is 9.98 Å². The van der Waals surface area contributed by atoms with Crippen molar-refractivity contribution in [3.05, 3.63) is 84.0 Å². The number of aliphatic imine (C=N–C) groups is 2. The normalized spacial score (nSPS) is 12.2. The lowest BCUT2D eigenvalue weighted by Gasteiger charge is -2.08. The molecule has 77 heavy (non-hydrogen) atoms. The van der Waals surface area contributed by atoms with Crippen LogP contribution in [0.1, 0.15) is 353 Å². The summed E-state index contributed by atoms with van der Waals surface area (Å²) in [5.41, 5.74) is 6.27. The van der Waals surface area contributed by atoms with Gasteiger partial charge in [-0.1, -0.05) is 357 Å². The van der Waals surface area contributed by atoms with E-state index >= 15 is 0 Å². The lowest BCUT2D eigenvalue weighted by Crippen LogP contribution is -2.08. The fourth-order valence-corrected chi connectivity index (χ4v) is 11.1. The van der Waals surface area contributed by atoms with E-state index in [0.717, 1.165) is 54.9 Å². The monoisotopic (exact) mass is 1050 g/mol. The Bertz CT molecular complexity index is 1760. The van der Waals surface area contributed by atoms with Gasteiger partial charge in [0.1, 0.15) is 5.71 Å². The maximum absolute atomic E-state index is 5.18. The summed E-state index contributed by atoms with van der Waals surface area (Å²) < 4.78 is 0. The van der Waals surface area contributed by atoms with Crippen LogP contribution in [0.4, 0.5) is 11.4 Å². The van der Waals surface area contributed by atoms with Crippen molar-refractivity contribution in [3.8, 4) is 11.8 Å². The molecule has 2 nitrogen and oxygen atoms in total. The van der Waals surface area contributed by atoms with Crippen LogP contribution in [0.3, 0.4) is 0 Å². The van der Waals surface area contributed by atoms with Gasteiger partial charge in [-0.25, -0.2) is 4.99 Å². The number of nitrogens with zero attached hydrogens (tertiary/aromatic N) is 2. The molecule has 0 radical (unpaired) electrons. The summed E-state index contributed by atoms with van der Waals surface area (Å²) in [5.74, 6) is 6.68. The average Bonchev–Trinajstić information content (AvgIpc) is 3.44. The number of aryl methyl sites for hydroxylation is 2. The van der Waals surface area contributed by atoms with Crippen LogP contribution in [0, 0.1) is 11.8 Å². The minimum atomic E-state index is 0.773. The standard InChI is InChI=1S/C75H126N2/c1-5-8-11-13-15-17-19-21-23-25-27-29-31-33-35-37-39-41-43-45-47-49-51-53-55-57-63-71-65-59-61-68-74(71)76-70(4)73(67-10-7-3)77-75-69-62-60-66-72(75)64-58-56-54-52-50-48-46-44-42-40-38-36-34-32-30-28-26-24-22-20-18-16-14-12-9-6-2/h53-56,59-62,65-66,68-69H,5-9,11-52,57-58,63-64H2,1-4H3. The van der Waals surface area contributed by atoms with Gasteiger partial charge in [0, 0.05) is 6.42 Å². The molecule has 2 aromatic rings. The molecule has 0 unspecified atom stereocenters. The van der Waals surface area contributed by atoms with Crippen LogP contribution < -0.4 is 0 Å². The highest BCUT2D eigenvalue weighted by Gasteiger charge is 2.08. The first-order valence-corrected chi connectivity index (χ1v) is 34.3. The molecular formula is C75H126N2. The molecule has 0 heterocycles. The Morgan fingerprint density at radius 3 is 0.883 bits per heavy atom. The summed E-state index contributed by atoms with van der Waals surface area (Å²) in [7, 11) is 0. The Labute approximate surface area is 481 Å². The van der Waals surface area contributed by atoms with Crippen LogP contribution >= 0.6 is 0 Å². The molecule has 2 aromatic carbocycles. The molecule has 0 saturated carbocycles. The van der Waals surface area contributed by atoms with Crippen molar-refractivity contribution in [2.75, 3.05) is 0 Å². The molecule has 0 spiro atoms. The molecule has 0 atom stereocenters. The molecule has 0 amide bonds. The predicted molar refractivity (Wildman–Crippen MR) is 349 cm³/mol. The van der Waals surface area contributed by atoms with Gasteiger partial charge in [-0.15, -0.1) is 0 Å². The van der Waals surface area contributed by atoms with Crippen molar-refractivity contribution in [1.82, 2.24) is 0 Å². The smallest absolute Gasteiger partial charge is 0.135 e. The van der Waals surface area contributed by atoms with Gasteiger partial charge in [0.2, 0.25) is 0 Å². The van der Waals surface area contributed by atoms with E-state index in [0.29, 0.717) is 0 Å². The van der Waals surface area contributed by atoms with Crippen LogP contribution in [0.25, 0.3) is 0 Å². The molecule has 0 aromatic heterocycles. The van der Waals surface area contributed by atoms with E-state index in [1.165, 1.54) is 306 Å². The topological polar surface area (TPSA) is 24.7 Å². The molecule has 0 bridgehead atoms. The van der Waals surface area contributed by atoms with Gasteiger partial charge in [-0.05, 0) is 87.5 Å². The fraction of sp³-hybridized carbons (Fsp3) is 0.733. The van der Waals surface area contributed by atoms with E-state index in [1.807, 2.05) is 0 Å². The second-order valence-corrected chi connectivity index (χ2v) is 23.5. The van der Waals surface area contributed by atoms with Crippen molar-refractivity contribution in [2.24, 2.45) is 9.98 Å². The van der Waals surface area contributed by atoms with E-state index < -0.39 is 0 Å². The summed E-state index contributed by atoms with van der Waals surface area (Å²) in [4.78, 5) is 10.3. The third kappa shape index (κ3) is 44.3. The molecule has 0 aliphatic rings. The molecule has 0 saturated heterocycles. The third-order valence-electron chi connectivity index (χ3n) is 16.2. The Kier molecular flexibility index (Phi) is 51.0. The van der Waals surface area contributed by atoms with Gasteiger partial charge in [-0.2, -0.15) is 0 Å². The maximum atomic E-state index is 5.18. The molecule has 436 valence electrons. The Hall–Kier alpha value is -3.18. The van der Waals surface area contributed by atoms with E-state index in [2.05, 4.69) is 112 Å². The summed E-state index contributed by atoms with van der Waals surface area (Å²) in [5, 5.41) is 0. The number of allylic oxidation sites excluding steroid dienone is 4. The van der Waals surface area contributed by atoms with Crippen LogP contribution in [0.2, 0.25) is 0 Å². The molecule has 0 aliphatic carbocycles. The number of para-hydroxylation sites is 2. The largest absolute Gasteiger partial charge is 0.251 e. The SMILES string of the molecule is CCC#CC(=Nc1ccccc1CCC=CCCCCCCCCCCCCCCCCCCCCCCCC)C(C)=Nc1ccccc1CCC=CCCCCCCCCCCCCCCCCCCCCCCCC. The summed E-state index contributed by atoms with van der Waals surface area (Å²) in [6.45, 7) is 8.80. The first-order valence-electron chi connectivity index (χ1n) is 34.3. The number of benzene rings is 2. The first kappa shape index (κ1) is 69.9. The number of hydrogen-bond acceptors (Lipinski definition) is 2. The van der Waals surface area contributed by atoms with Crippen molar-refractivity contribution in [3.63, 3.8) is 0 Å². The highest BCUT2D eigenvalue weighted by molar-refractivity contribution is 6.48. The van der Waals surface area contributed by atoms with Gasteiger partial charge < -0.3 is 0 Å². The van der Waals surface area contributed by atoms with E-state index in [1.54, 1.807) is 0 Å².